The summed E-state index contributed by atoms with van der Waals surface area (Å²) in [6, 6.07) is 0. The van der Waals surface area contributed by atoms with E-state index in [1.807, 2.05) is 6.92 Å². The van der Waals surface area contributed by atoms with Crippen LogP contribution >= 0.6 is 0 Å². The highest BCUT2D eigenvalue weighted by Crippen LogP contribution is 2.50. The van der Waals surface area contributed by atoms with Crippen molar-refractivity contribution in [3.05, 3.63) is 24.3 Å². The molecule has 0 saturated heterocycles. The van der Waals surface area contributed by atoms with E-state index < -0.39 is 5.60 Å². The van der Waals surface area contributed by atoms with Crippen molar-refractivity contribution < 1.29 is 9.90 Å². The van der Waals surface area contributed by atoms with Crippen molar-refractivity contribution in [2.45, 2.75) is 44.6 Å². The molecule has 0 bridgehead atoms. The Kier molecular flexibility index (Phi) is 2.79. The number of aliphatic hydroxyl groups is 1. The molecule has 2 rings (SSSR count). The zero-order valence-corrected chi connectivity index (χ0v) is 9.91. The van der Waals surface area contributed by atoms with Crippen LogP contribution in [0.5, 0.6) is 0 Å². The van der Waals surface area contributed by atoms with Crippen molar-refractivity contribution in [1.82, 2.24) is 0 Å². The van der Waals surface area contributed by atoms with E-state index in [4.69, 9.17) is 0 Å². The highest BCUT2D eigenvalue weighted by molar-refractivity contribution is 5.62. The quantitative estimate of drug-likeness (QED) is 0.574. The highest BCUT2D eigenvalue weighted by Gasteiger charge is 2.46. The topological polar surface area (TPSA) is 37.3 Å². The monoisotopic (exact) mass is 220 g/mol. The number of aldehydes is 1. The molecule has 0 spiro atoms. The number of fused-ring (bicyclic) bond motifs is 1. The minimum atomic E-state index is -0.867. The molecule has 0 aliphatic heterocycles. The Labute approximate surface area is 97.0 Å². The van der Waals surface area contributed by atoms with Gasteiger partial charge in [0.25, 0.3) is 0 Å². The molecule has 1 fully saturated rings. The van der Waals surface area contributed by atoms with Gasteiger partial charge in [-0.05, 0) is 43.6 Å². The lowest BCUT2D eigenvalue weighted by Gasteiger charge is -2.47. The maximum atomic E-state index is 11.3. The Morgan fingerprint density at radius 2 is 2.31 bits per heavy atom. The van der Waals surface area contributed by atoms with E-state index in [0.717, 1.165) is 44.0 Å². The molecule has 3 atom stereocenters. The fourth-order valence-electron chi connectivity index (χ4n) is 3.26. The van der Waals surface area contributed by atoms with Gasteiger partial charge in [-0.2, -0.15) is 0 Å². The molecule has 2 aliphatic rings. The fraction of sp³-hybridized carbons (Fsp3) is 0.643. The Morgan fingerprint density at radius 1 is 1.56 bits per heavy atom. The number of carbonyl (C=O) groups excluding carboxylic acids is 1. The van der Waals surface area contributed by atoms with Gasteiger partial charge in [-0.1, -0.05) is 25.7 Å². The first-order valence-electron chi connectivity index (χ1n) is 6.08. The van der Waals surface area contributed by atoms with E-state index in [0.29, 0.717) is 0 Å². The van der Waals surface area contributed by atoms with Crippen molar-refractivity contribution in [3.8, 4) is 0 Å². The molecule has 1 N–H and O–H groups in total. The average molecular weight is 220 g/mol. The molecule has 0 amide bonds. The molecule has 0 aromatic rings. The van der Waals surface area contributed by atoms with Crippen LogP contribution in [0.15, 0.2) is 24.3 Å². The zero-order valence-electron chi connectivity index (χ0n) is 9.91. The van der Waals surface area contributed by atoms with E-state index >= 15 is 0 Å². The van der Waals surface area contributed by atoms with Crippen LogP contribution in [-0.2, 0) is 4.79 Å². The van der Waals surface area contributed by atoms with Gasteiger partial charge < -0.3 is 9.90 Å². The molecular formula is C14H20O2. The lowest BCUT2D eigenvalue weighted by molar-refractivity contribution is -0.119. The Hall–Kier alpha value is -0.890. The van der Waals surface area contributed by atoms with Gasteiger partial charge >= 0.3 is 0 Å². The molecule has 0 heterocycles. The summed E-state index contributed by atoms with van der Waals surface area (Å²) in [7, 11) is 0. The molecule has 88 valence electrons. The predicted molar refractivity (Wildman–Crippen MR) is 64.0 cm³/mol. The van der Waals surface area contributed by atoms with Crippen LogP contribution < -0.4 is 0 Å². The molecule has 0 aromatic carbocycles. The smallest absolute Gasteiger partial charge is 0.126 e. The van der Waals surface area contributed by atoms with Crippen LogP contribution in [0.3, 0.4) is 0 Å². The summed E-state index contributed by atoms with van der Waals surface area (Å²) in [5.74, 6) is 0.204. The van der Waals surface area contributed by atoms with Gasteiger partial charge in [0.1, 0.15) is 11.9 Å². The van der Waals surface area contributed by atoms with E-state index in [2.05, 4.69) is 12.7 Å². The second-order valence-electron chi connectivity index (χ2n) is 5.40. The van der Waals surface area contributed by atoms with Crippen molar-refractivity contribution in [1.29, 1.82) is 0 Å². The summed E-state index contributed by atoms with van der Waals surface area (Å²) < 4.78 is 0. The van der Waals surface area contributed by atoms with Crippen LogP contribution in [0.25, 0.3) is 0 Å². The molecule has 0 unspecified atom stereocenters. The summed E-state index contributed by atoms with van der Waals surface area (Å²) in [6.45, 7) is 5.76. The Bertz CT molecular complexity index is 345. The zero-order chi connectivity index (χ0) is 11.8. The van der Waals surface area contributed by atoms with E-state index in [1.165, 1.54) is 0 Å². The third-order valence-corrected chi connectivity index (χ3v) is 4.38. The molecule has 2 nitrogen and oxygen atoms in total. The van der Waals surface area contributed by atoms with Gasteiger partial charge in [-0.15, -0.1) is 0 Å². The molecule has 0 aromatic heterocycles. The van der Waals surface area contributed by atoms with Crippen molar-refractivity contribution in [2.24, 2.45) is 11.3 Å². The van der Waals surface area contributed by atoms with Gasteiger partial charge in [0, 0.05) is 5.41 Å². The van der Waals surface area contributed by atoms with Crippen molar-refractivity contribution in [2.75, 3.05) is 0 Å². The van der Waals surface area contributed by atoms with E-state index in [9.17, 15) is 9.90 Å². The predicted octanol–water partition coefficient (Wildman–Crippen LogP) is 2.63. The lowest BCUT2D eigenvalue weighted by Crippen LogP contribution is -2.45. The minimum absolute atomic E-state index is 0.204. The standard InChI is InChI=1S/C14H20O2/c1-3-14(16)9-5-6-11-12(14)7-4-8-13(11,2)10-15/h3,7,10-11,16H,1,4-6,8-9H2,2H3/t11-,13-,14+/m0/s1. The molecule has 0 radical (unpaired) electrons. The summed E-state index contributed by atoms with van der Waals surface area (Å²) in [6.07, 6.45) is 9.35. The number of rotatable bonds is 2. The molecule has 2 heteroatoms. The van der Waals surface area contributed by atoms with Crippen LogP contribution in [0.1, 0.15) is 39.0 Å². The second kappa shape index (κ2) is 3.85. The maximum absolute atomic E-state index is 11.3. The summed E-state index contributed by atoms with van der Waals surface area (Å²) in [5.41, 5.74) is -0.121. The van der Waals surface area contributed by atoms with Crippen LogP contribution in [0, 0.1) is 11.3 Å². The summed E-state index contributed by atoms with van der Waals surface area (Å²) in [5, 5.41) is 10.5. The van der Waals surface area contributed by atoms with Crippen molar-refractivity contribution in [3.63, 3.8) is 0 Å². The van der Waals surface area contributed by atoms with E-state index in [1.54, 1.807) is 6.08 Å². The van der Waals surface area contributed by atoms with Crippen molar-refractivity contribution >= 4 is 6.29 Å². The minimum Gasteiger partial charge on any atom is -0.381 e. The summed E-state index contributed by atoms with van der Waals surface area (Å²) in [4.78, 5) is 11.3. The third kappa shape index (κ3) is 1.56. The largest absolute Gasteiger partial charge is 0.381 e. The fourth-order valence-corrected chi connectivity index (χ4v) is 3.26. The normalized spacial score (nSPS) is 43.1. The highest BCUT2D eigenvalue weighted by atomic mass is 16.3. The molecule has 16 heavy (non-hydrogen) atoms. The SMILES string of the molecule is C=C[C@@]1(O)CCC[C@H]2C1=CCC[C@@]2(C)C=O. The number of allylic oxidation sites excluding steroid dienone is 1. The van der Waals surface area contributed by atoms with Gasteiger partial charge in [0.15, 0.2) is 0 Å². The maximum Gasteiger partial charge on any atom is 0.126 e. The van der Waals surface area contributed by atoms with Gasteiger partial charge in [-0.25, -0.2) is 0 Å². The average Bonchev–Trinajstić information content (AvgIpc) is 2.31. The van der Waals surface area contributed by atoms with Gasteiger partial charge in [-0.3, -0.25) is 0 Å². The second-order valence-corrected chi connectivity index (χ2v) is 5.40. The Morgan fingerprint density at radius 3 is 2.94 bits per heavy atom. The molecule has 2 aliphatic carbocycles. The van der Waals surface area contributed by atoms with Crippen LogP contribution in [0.2, 0.25) is 0 Å². The number of carbonyl (C=O) groups is 1. The number of hydrogen-bond acceptors (Lipinski definition) is 2. The lowest BCUT2D eigenvalue weighted by atomic mass is 9.59. The van der Waals surface area contributed by atoms with Gasteiger partial charge in [0.05, 0.1) is 0 Å². The van der Waals surface area contributed by atoms with Gasteiger partial charge in [0.2, 0.25) is 0 Å². The van der Waals surface area contributed by atoms with Crippen LogP contribution in [-0.4, -0.2) is 17.0 Å². The molecule has 1 saturated carbocycles. The summed E-state index contributed by atoms with van der Waals surface area (Å²) >= 11 is 0. The first-order chi connectivity index (χ1) is 7.56. The number of hydrogen-bond donors (Lipinski definition) is 1. The van der Waals surface area contributed by atoms with Crippen LogP contribution in [0.4, 0.5) is 0 Å². The van der Waals surface area contributed by atoms with E-state index in [-0.39, 0.29) is 11.3 Å². The molecular weight excluding hydrogens is 200 g/mol. The third-order valence-electron chi connectivity index (χ3n) is 4.38. The Balaban J connectivity index is 2.41. The first kappa shape index (κ1) is 11.6. The first-order valence-corrected chi connectivity index (χ1v) is 6.08.